The molecule has 4 saturated carbocycles. The van der Waals surface area contributed by atoms with Crippen LogP contribution in [0.1, 0.15) is 51.0 Å². The Kier molecular flexibility index (Phi) is 6.54. The zero-order chi connectivity index (χ0) is 21.8. The molecule has 6 nitrogen and oxygen atoms in total. The highest BCUT2D eigenvalue weighted by molar-refractivity contribution is 5.89. The minimum atomic E-state index is -0.543. The zero-order valence-electron chi connectivity index (χ0n) is 18.5. The summed E-state index contributed by atoms with van der Waals surface area (Å²) in [5.74, 6) is 3.05. The van der Waals surface area contributed by atoms with E-state index < -0.39 is 5.97 Å². The predicted octanol–water partition coefficient (Wildman–Crippen LogP) is 3.98. The molecule has 1 amide bonds. The third kappa shape index (κ3) is 5.23. The number of hydrogen-bond donors (Lipinski definition) is 1. The zero-order valence-corrected chi connectivity index (χ0v) is 18.5. The van der Waals surface area contributed by atoms with Gasteiger partial charge >= 0.3 is 5.97 Å². The van der Waals surface area contributed by atoms with Crippen molar-refractivity contribution in [2.75, 3.05) is 26.9 Å². The Morgan fingerprint density at radius 3 is 2.39 bits per heavy atom. The highest BCUT2D eigenvalue weighted by atomic mass is 16.5. The fourth-order valence-corrected chi connectivity index (χ4v) is 6.26. The van der Waals surface area contributed by atoms with Gasteiger partial charge in [-0.25, -0.2) is 4.79 Å². The van der Waals surface area contributed by atoms with E-state index in [9.17, 15) is 9.59 Å². The van der Waals surface area contributed by atoms with Crippen LogP contribution in [0.15, 0.2) is 24.3 Å². The van der Waals surface area contributed by atoms with Crippen molar-refractivity contribution in [3.05, 3.63) is 29.8 Å². The fraction of sp³-hybridized carbons (Fsp3) is 0.600. The lowest BCUT2D eigenvalue weighted by atomic mass is 9.49. The van der Waals surface area contributed by atoms with E-state index >= 15 is 0 Å². The quantitative estimate of drug-likeness (QED) is 0.477. The SMILES string of the molecule is CCOc1cc(/C=C/C(=O)OCC(=O)NCC23CC4CC(CC(C4)C2)C3)ccc1OC. The lowest BCUT2D eigenvalue weighted by Gasteiger charge is -2.56. The molecule has 4 fully saturated rings. The summed E-state index contributed by atoms with van der Waals surface area (Å²) in [5.41, 5.74) is 1.06. The van der Waals surface area contributed by atoms with Gasteiger partial charge in [-0.05, 0) is 92.4 Å². The van der Waals surface area contributed by atoms with E-state index in [1.807, 2.05) is 13.0 Å². The lowest BCUT2D eigenvalue weighted by Crippen LogP contribution is -2.51. The molecule has 0 radical (unpaired) electrons. The van der Waals surface area contributed by atoms with Gasteiger partial charge in [0.05, 0.1) is 13.7 Å². The summed E-state index contributed by atoms with van der Waals surface area (Å²) in [6.07, 6.45) is 10.8. The second-order valence-electron chi connectivity index (χ2n) is 9.48. The summed E-state index contributed by atoms with van der Waals surface area (Å²) in [4.78, 5) is 24.3. The first-order chi connectivity index (χ1) is 15.0. The molecule has 5 rings (SSSR count). The van der Waals surface area contributed by atoms with Crippen LogP contribution in [0.3, 0.4) is 0 Å². The molecule has 168 valence electrons. The van der Waals surface area contributed by atoms with Crippen molar-refractivity contribution >= 4 is 18.0 Å². The maximum absolute atomic E-state index is 12.3. The number of rotatable bonds is 9. The normalized spacial score (nSPS) is 28.5. The Labute approximate surface area is 184 Å². The van der Waals surface area contributed by atoms with E-state index in [1.54, 1.807) is 25.3 Å². The molecule has 6 heteroatoms. The van der Waals surface area contributed by atoms with Crippen LogP contribution in [-0.2, 0) is 14.3 Å². The van der Waals surface area contributed by atoms with Crippen LogP contribution in [0.5, 0.6) is 11.5 Å². The summed E-state index contributed by atoms with van der Waals surface area (Å²) >= 11 is 0. The first-order valence-corrected chi connectivity index (χ1v) is 11.4. The summed E-state index contributed by atoms with van der Waals surface area (Å²) in [5, 5.41) is 3.03. The monoisotopic (exact) mass is 427 g/mol. The van der Waals surface area contributed by atoms with Gasteiger partial charge < -0.3 is 19.5 Å². The summed E-state index contributed by atoms with van der Waals surface area (Å²) in [6, 6.07) is 5.40. The van der Waals surface area contributed by atoms with E-state index in [4.69, 9.17) is 14.2 Å². The molecule has 0 spiro atoms. The van der Waals surface area contributed by atoms with Crippen molar-refractivity contribution in [3.63, 3.8) is 0 Å². The Hall–Kier alpha value is -2.50. The number of hydrogen-bond acceptors (Lipinski definition) is 5. The van der Waals surface area contributed by atoms with E-state index in [1.165, 1.54) is 44.6 Å². The van der Waals surface area contributed by atoms with Gasteiger partial charge in [0, 0.05) is 12.6 Å². The Balaban J connectivity index is 1.23. The van der Waals surface area contributed by atoms with Gasteiger partial charge in [-0.1, -0.05) is 6.07 Å². The van der Waals surface area contributed by atoms with Crippen molar-refractivity contribution in [3.8, 4) is 11.5 Å². The molecule has 4 aliphatic carbocycles. The maximum atomic E-state index is 12.3. The smallest absolute Gasteiger partial charge is 0.331 e. The van der Waals surface area contributed by atoms with Crippen molar-refractivity contribution in [1.29, 1.82) is 0 Å². The van der Waals surface area contributed by atoms with Crippen LogP contribution in [0.4, 0.5) is 0 Å². The molecule has 0 heterocycles. The minimum absolute atomic E-state index is 0.222. The number of ether oxygens (including phenoxy) is 3. The van der Waals surface area contributed by atoms with Crippen LogP contribution >= 0.6 is 0 Å². The van der Waals surface area contributed by atoms with E-state index in [-0.39, 0.29) is 17.9 Å². The van der Waals surface area contributed by atoms with Gasteiger partial charge in [0.25, 0.3) is 5.91 Å². The van der Waals surface area contributed by atoms with Gasteiger partial charge in [-0.15, -0.1) is 0 Å². The first kappa shape index (κ1) is 21.7. The molecule has 1 aromatic carbocycles. The minimum Gasteiger partial charge on any atom is -0.493 e. The molecule has 0 saturated heterocycles. The average molecular weight is 428 g/mol. The fourth-order valence-electron chi connectivity index (χ4n) is 6.26. The van der Waals surface area contributed by atoms with Gasteiger partial charge in [0.2, 0.25) is 0 Å². The van der Waals surface area contributed by atoms with Crippen LogP contribution in [-0.4, -0.2) is 38.7 Å². The van der Waals surface area contributed by atoms with E-state index in [0.29, 0.717) is 18.1 Å². The average Bonchev–Trinajstić information content (AvgIpc) is 2.74. The third-order valence-corrected chi connectivity index (χ3v) is 7.07. The van der Waals surface area contributed by atoms with Gasteiger partial charge in [0.1, 0.15) is 0 Å². The van der Waals surface area contributed by atoms with Crippen molar-refractivity contribution in [1.82, 2.24) is 5.32 Å². The highest BCUT2D eigenvalue weighted by Gasteiger charge is 2.50. The van der Waals surface area contributed by atoms with Crippen molar-refractivity contribution < 1.29 is 23.8 Å². The van der Waals surface area contributed by atoms with E-state index in [0.717, 1.165) is 29.9 Å². The van der Waals surface area contributed by atoms with Gasteiger partial charge in [0.15, 0.2) is 18.1 Å². The highest BCUT2D eigenvalue weighted by Crippen LogP contribution is 2.59. The molecule has 1 N–H and O–H groups in total. The molecule has 31 heavy (non-hydrogen) atoms. The number of carbonyl (C=O) groups is 2. The molecule has 1 aromatic rings. The Morgan fingerprint density at radius 2 is 1.77 bits per heavy atom. The van der Waals surface area contributed by atoms with Crippen LogP contribution in [0, 0.1) is 23.2 Å². The van der Waals surface area contributed by atoms with Gasteiger partial charge in [-0.2, -0.15) is 0 Å². The molecular weight excluding hydrogens is 394 g/mol. The summed E-state index contributed by atoms with van der Waals surface area (Å²) in [7, 11) is 1.58. The standard InChI is InChI=1S/C25H33NO5/c1-3-30-22-11-17(4-6-21(22)29-2)5-7-24(28)31-15-23(27)26-16-25-12-18-8-19(13-25)10-20(9-18)14-25/h4-7,11,18-20H,3,8-10,12-16H2,1-2H3,(H,26,27)/b7-5+. The molecule has 4 aliphatic rings. The van der Waals surface area contributed by atoms with Crippen LogP contribution < -0.4 is 14.8 Å². The molecule has 0 unspecified atom stereocenters. The maximum Gasteiger partial charge on any atom is 0.331 e. The number of benzene rings is 1. The Bertz CT molecular complexity index is 811. The predicted molar refractivity (Wildman–Crippen MR) is 118 cm³/mol. The number of esters is 1. The summed E-state index contributed by atoms with van der Waals surface area (Å²) in [6.45, 7) is 2.88. The number of carbonyl (C=O) groups excluding carboxylic acids is 2. The van der Waals surface area contributed by atoms with Gasteiger partial charge in [-0.3, -0.25) is 4.79 Å². The topological polar surface area (TPSA) is 73.9 Å². The lowest BCUT2D eigenvalue weighted by molar-refractivity contribution is -0.144. The number of methoxy groups -OCH3 is 1. The molecule has 0 aromatic heterocycles. The van der Waals surface area contributed by atoms with Crippen molar-refractivity contribution in [2.45, 2.75) is 45.4 Å². The van der Waals surface area contributed by atoms with Crippen LogP contribution in [0.2, 0.25) is 0 Å². The third-order valence-electron chi connectivity index (χ3n) is 7.07. The Morgan fingerprint density at radius 1 is 1.10 bits per heavy atom. The number of nitrogens with one attached hydrogen (secondary N) is 1. The largest absolute Gasteiger partial charge is 0.493 e. The molecule has 0 atom stereocenters. The molecular formula is C25H33NO5. The van der Waals surface area contributed by atoms with E-state index in [2.05, 4.69) is 5.32 Å². The van der Waals surface area contributed by atoms with Crippen molar-refractivity contribution in [2.24, 2.45) is 23.2 Å². The second kappa shape index (κ2) is 9.33. The number of amides is 1. The molecule has 0 aliphatic heterocycles. The van der Waals surface area contributed by atoms with Crippen LogP contribution in [0.25, 0.3) is 6.08 Å². The summed E-state index contributed by atoms with van der Waals surface area (Å²) < 4.78 is 15.9. The molecule has 4 bridgehead atoms. The second-order valence-corrected chi connectivity index (χ2v) is 9.48. The first-order valence-electron chi connectivity index (χ1n) is 11.4.